The van der Waals surface area contributed by atoms with Crippen molar-refractivity contribution in [2.75, 3.05) is 32.6 Å². The summed E-state index contributed by atoms with van der Waals surface area (Å²) in [5.74, 6) is 1.36. The van der Waals surface area contributed by atoms with Crippen molar-refractivity contribution in [3.05, 3.63) is 34.8 Å². The molecule has 0 spiro atoms. The molecule has 0 amide bonds. The molecule has 0 saturated carbocycles. The van der Waals surface area contributed by atoms with E-state index in [0.717, 1.165) is 33.6 Å². The van der Waals surface area contributed by atoms with Gasteiger partial charge in [0, 0.05) is 32.4 Å². The lowest BCUT2D eigenvalue weighted by molar-refractivity contribution is 0.253. The molecule has 132 valence electrons. The van der Waals surface area contributed by atoms with E-state index in [4.69, 9.17) is 4.74 Å². The monoisotopic (exact) mass is 405 g/mol. The van der Waals surface area contributed by atoms with Gasteiger partial charge < -0.3 is 15.0 Å². The Morgan fingerprint density at radius 2 is 2.12 bits per heavy atom. The van der Waals surface area contributed by atoms with Gasteiger partial charge in [-0.25, -0.2) is 19.6 Å². The Balaban J connectivity index is 1.70. The molecule has 0 unspecified atom stereocenters. The lowest BCUT2D eigenvalue weighted by Gasteiger charge is -2.11. The van der Waals surface area contributed by atoms with E-state index in [0.29, 0.717) is 19.0 Å². The van der Waals surface area contributed by atoms with E-state index >= 15 is 0 Å². The highest BCUT2D eigenvalue weighted by Crippen LogP contribution is 2.27. The highest BCUT2D eigenvalue weighted by Gasteiger charge is 2.13. The first-order chi connectivity index (χ1) is 12.0. The van der Waals surface area contributed by atoms with Crippen molar-refractivity contribution in [1.82, 2.24) is 29.6 Å². The third kappa shape index (κ3) is 4.23. The number of halogens is 1. The minimum Gasteiger partial charge on any atom is -0.476 e. The molecular weight excluding hydrogens is 386 g/mol. The first kappa shape index (κ1) is 17.6. The summed E-state index contributed by atoms with van der Waals surface area (Å²) in [6.45, 7) is 2.05. The van der Waals surface area contributed by atoms with Crippen LogP contribution >= 0.6 is 15.9 Å². The molecule has 3 aromatic heterocycles. The molecule has 0 bridgehead atoms. The maximum atomic E-state index is 5.68. The summed E-state index contributed by atoms with van der Waals surface area (Å²) in [4.78, 5) is 14.9. The van der Waals surface area contributed by atoms with Crippen molar-refractivity contribution in [1.29, 1.82) is 0 Å². The Morgan fingerprint density at radius 1 is 1.28 bits per heavy atom. The Labute approximate surface area is 154 Å². The first-order valence-electron chi connectivity index (χ1n) is 7.84. The minimum atomic E-state index is 0.597. The van der Waals surface area contributed by atoms with Crippen LogP contribution in [0.5, 0.6) is 5.88 Å². The van der Waals surface area contributed by atoms with Gasteiger partial charge in [-0.3, -0.25) is 0 Å². The zero-order valence-corrected chi connectivity index (χ0v) is 16.0. The second-order valence-electron chi connectivity index (χ2n) is 5.84. The largest absolute Gasteiger partial charge is 0.476 e. The van der Waals surface area contributed by atoms with Crippen molar-refractivity contribution in [3.63, 3.8) is 0 Å². The number of rotatable bonds is 7. The zero-order chi connectivity index (χ0) is 17.8. The SMILES string of the molecule is CN(C)CCOc1cc(CNc2ncnc3c2c(Br)nn3C)ccn1. The first-order valence-corrected chi connectivity index (χ1v) is 8.63. The molecule has 25 heavy (non-hydrogen) atoms. The van der Waals surface area contributed by atoms with Crippen LogP contribution in [0.1, 0.15) is 5.56 Å². The molecule has 0 aliphatic heterocycles. The van der Waals surface area contributed by atoms with Gasteiger partial charge in [-0.15, -0.1) is 0 Å². The molecule has 3 rings (SSSR count). The molecule has 0 fully saturated rings. The molecule has 8 nitrogen and oxygen atoms in total. The van der Waals surface area contributed by atoms with Crippen LogP contribution in [0.15, 0.2) is 29.3 Å². The van der Waals surface area contributed by atoms with E-state index in [1.54, 1.807) is 10.9 Å². The smallest absolute Gasteiger partial charge is 0.213 e. The highest BCUT2D eigenvalue weighted by atomic mass is 79.9. The second-order valence-corrected chi connectivity index (χ2v) is 6.59. The predicted octanol–water partition coefficient (Wildman–Crippen LogP) is 2.07. The molecule has 9 heteroatoms. The molecule has 0 atom stereocenters. The molecule has 1 N–H and O–H groups in total. The molecule has 0 aromatic carbocycles. The summed E-state index contributed by atoms with van der Waals surface area (Å²) in [6.07, 6.45) is 3.28. The van der Waals surface area contributed by atoms with Crippen LogP contribution in [-0.2, 0) is 13.6 Å². The van der Waals surface area contributed by atoms with Gasteiger partial charge in [0.1, 0.15) is 23.4 Å². The van der Waals surface area contributed by atoms with Gasteiger partial charge in [0.2, 0.25) is 5.88 Å². The average molecular weight is 406 g/mol. The lowest BCUT2D eigenvalue weighted by atomic mass is 10.2. The number of nitrogens with one attached hydrogen (secondary N) is 1. The number of fused-ring (bicyclic) bond motifs is 1. The fourth-order valence-corrected chi connectivity index (χ4v) is 2.94. The molecule has 0 saturated heterocycles. The van der Waals surface area contributed by atoms with E-state index in [2.05, 4.69) is 46.2 Å². The number of nitrogens with zero attached hydrogens (tertiary/aromatic N) is 6. The second kappa shape index (κ2) is 7.75. The van der Waals surface area contributed by atoms with E-state index < -0.39 is 0 Å². The van der Waals surface area contributed by atoms with Gasteiger partial charge in [0.15, 0.2) is 5.65 Å². The number of hydrogen-bond acceptors (Lipinski definition) is 7. The Bertz CT molecular complexity index is 865. The van der Waals surface area contributed by atoms with E-state index in [-0.39, 0.29) is 0 Å². The normalized spacial score (nSPS) is 11.2. The summed E-state index contributed by atoms with van der Waals surface area (Å²) < 4.78 is 8.11. The molecule has 3 aromatic rings. The molecular formula is C16H20BrN7O. The molecule has 0 aliphatic carbocycles. The Kier molecular flexibility index (Phi) is 5.44. The van der Waals surface area contributed by atoms with Gasteiger partial charge >= 0.3 is 0 Å². The molecule has 0 radical (unpaired) electrons. The quantitative estimate of drug-likeness (QED) is 0.644. The maximum Gasteiger partial charge on any atom is 0.213 e. The standard InChI is InChI=1S/C16H20BrN7O/c1-23(2)6-7-25-12-8-11(4-5-18-12)9-19-15-13-14(17)22-24(3)16(13)21-10-20-15/h4-5,8,10H,6-7,9H2,1-3H3,(H,19,20,21). The number of hydrogen-bond donors (Lipinski definition) is 1. The van der Waals surface area contributed by atoms with Crippen molar-refractivity contribution >= 4 is 32.8 Å². The van der Waals surface area contributed by atoms with E-state index in [1.165, 1.54) is 6.33 Å². The van der Waals surface area contributed by atoms with Gasteiger partial charge in [-0.1, -0.05) is 0 Å². The number of ether oxygens (including phenoxy) is 1. The summed E-state index contributed by atoms with van der Waals surface area (Å²) >= 11 is 3.46. The van der Waals surface area contributed by atoms with Gasteiger partial charge in [-0.05, 0) is 41.7 Å². The van der Waals surface area contributed by atoms with Gasteiger partial charge in [0.05, 0.1) is 5.39 Å². The molecule has 0 aliphatic rings. The number of pyridine rings is 1. The topological polar surface area (TPSA) is 81.0 Å². The lowest BCUT2D eigenvalue weighted by Crippen LogP contribution is -2.19. The van der Waals surface area contributed by atoms with Gasteiger partial charge in [0.25, 0.3) is 0 Å². The van der Waals surface area contributed by atoms with Crippen molar-refractivity contribution in [2.24, 2.45) is 7.05 Å². The van der Waals surface area contributed by atoms with E-state index in [9.17, 15) is 0 Å². The van der Waals surface area contributed by atoms with Crippen LogP contribution in [0.2, 0.25) is 0 Å². The number of aromatic nitrogens is 5. The zero-order valence-electron chi connectivity index (χ0n) is 14.4. The van der Waals surface area contributed by atoms with Crippen LogP contribution in [-0.4, -0.2) is 56.9 Å². The van der Waals surface area contributed by atoms with Crippen LogP contribution in [0.25, 0.3) is 11.0 Å². The summed E-state index contributed by atoms with van der Waals surface area (Å²) in [5.41, 5.74) is 1.83. The third-order valence-corrected chi connectivity index (χ3v) is 4.18. The van der Waals surface area contributed by atoms with Crippen LogP contribution in [0.3, 0.4) is 0 Å². The summed E-state index contributed by atoms with van der Waals surface area (Å²) in [5, 5.41) is 8.52. The third-order valence-electron chi connectivity index (χ3n) is 3.63. The van der Waals surface area contributed by atoms with Crippen LogP contribution in [0.4, 0.5) is 5.82 Å². The Hall–Kier alpha value is -2.26. The average Bonchev–Trinajstić information content (AvgIpc) is 2.88. The predicted molar refractivity (Wildman–Crippen MR) is 99.6 cm³/mol. The fourth-order valence-electron chi connectivity index (χ4n) is 2.33. The van der Waals surface area contributed by atoms with Crippen molar-refractivity contribution < 1.29 is 4.74 Å². The van der Waals surface area contributed by atoms with Crippen molar-refractivity contribution in [2.45, 2.75) is 6.54 Å². The number of anilines is 1. The van der Waals surface area contributed by atoms with E-state index in [1.807, 2.05) is 33.3 Å². The highest BCUT2D eigenvalue weighted by molar-refractivity contribution is 9.10. The minimum absolute atomic E-state index is 0.597. The van der Waals surface area contributed by atoms with Crippen molar-refractivity contribution in [3.8, 4) is 5.88 Å². The van der Waals surface area contributed by atoms with Crippen LogP contribution < -0.4 is 10.1 Å². The number of aryl methyl sites for hydroxylation is 1. The van der Waals surface area contributed by atoms with Gasteiger partial charge in [-0.2, -0.15) is 5.10 Å². The Morgan fingerprint density at radius 3 is 2.92 bits per heavy atom. The van der Waals surface area contributed by atoms with Crippen LogP contribution in [0, 0.1) is 0 Å². The molecule has 3 heterocycles. The summed E-state index contributed by atoms with van der Waals surface area (Å²) in [7, 11) is 5.87. The maximum absolute atomic E-state index is 5.68. The fraction of sp³-hybridized carbons (Fsp3) is 0.375. The number of likely N-dealkylation sites (N-methyl/N-ethyl adjacent to an activating group) is 1. The summed E-state index contributed by atoms with van der Waals surface area (Å²) in [6, 6.07) is 3.88.